The van der Waals surface area contributed by atoms with Crippen LogP contribution in [0.1, 0.15) is 32.6 Å². The summed E-state index contributed by atoms with van der Waals surface area (Å²) in [4.78, 5) is 11.4. The number of carbonyl (C=O) groups excluding carboxylic acids is 1. The molecule has 0 saturated carbocycles. The first-order chi connectivity index (χ1) is 6.29. The van der Waals surface area contributed by atoms with E-state index in [4.69, 9.17) is 7.42 Å². The average molecular weight is 374 g/mol. The van der Waals surface area contributed by atoms with Crippen LogP contribution in [-0.2, 0) is 12.2 Å². The number of hydrogen-bond donors (Lipinski definition) is 0. The Hall–Kier alpha value is -0.0679. The Bertz CT molecular complexity index is 223. The molecule has 0 N–H and O–H groups in total. The molecule has 0 bridgehead atoms. The molecular weight excluding hydrogens is 360 g/mol. The van der Waals surface area contributed by atoms with Gasteiger partial charge in [0, 0.05) is 0 Å². The van der Waals surface area contributed by atoms with E-state index in [9.17, 15) is 4.79 Å². The van der Waals surface area contributed by atoms with Gasteiger partial charge in [-0.3, -0.25) is 0 Å². The van der Waals surface area contributed by atoms with Crippen molar-refractivity contribution in [2.45, 2.75) is 32.6 Å². The first kappa shape index (κ1) is 11.0. The summed E-state index contributed by atoms with van der Waals surface area (Å²) in [5.41, 5.74) is 0.774. The van der Waals surface area contributed by atoms with E-state index in [2.05, 4.69) is 0 Å². The van der Waals surface area contributed by atoms with E-state index in [1.54, 1.807) is 0 Å². The molecule has 1 aliphatic carbocycles. The number of hydrogen-bond acceptors (Lipinski definition) is 3. The fourth-order valence-corrected chi connectivity index (χ4v) is 2.45. The van der Waals surface area contributed by atoms with Crippen molar-refractivity contribution < 1.29 is 12.2 Å². The summed E-state index contributed by atoms with van der Waals surface area (Å²) in [6.45, 7) is 2.27. The van der Waals surface area contributed by atoms with Crippen molar-refractivity contribution in [2.75, 3.05) is 6.61 Å². The monoisotopic (exact) mass is 374 g/mol. The van der Waals surface area contributed by atoms with E-state index >= 15 is 0 Å². The van der Waals surface area contributed by atoms with Gasteiger partial charge in [0.15, 0.2) is 0 Å². The first-order valence-corrected chi connectivity index (χ1v) is 6.38. The second-order valence-corrected chi connectivity index (χ2v) is 3.86. The molecule has 1 rings (SSSR count). The Morgan fingerprint density at radius 1 is 1.46 bits per heavy atom. The number of ether oxygens (including phenoxy) is 1. The van der Waals surface area contributed by atoms with Gasteiger partial charge in [-0.25, -0.2) is 0 Å². The second-order valence-electron chi connectivity index (χ2n) is 2.95. The van der Waals surface area contributed by atoms with E-state index in [-0.39, 0.29) is 5.97 Å². The molecule has 0 spiro atoms. The summed E-state index contributed by atoms with van der Waals surface area (Å²) in [5.74, 6) is 0.701. The molecule has 0 aromatic carbocycles. The Morgan fingerprint density at radius 2 is 2.15 bits per heavy atom. The summed E-state index contributed by atoms with van der Waals surface area (Å²) >= 11 is 0.461. The third-order valence-electron chi connectivity index (χ3n) is 2.08. The zero-order valence-electron chi connectivity index (χ0n) is 7.84. The van der Waals surface area contributed by atoms with Crippen molar-refractivity contribution in [3.05, 3.63) is 11.3 Å². The predicted molar refractivity (Wildman–Crippen MR) is 49.0 cm³/mol. The standard InChI is InChI=1S/C9H14O3.Tl/c1-2-12-9(11)7-5-3-4-6-8(7)10;/h10H,2-6H2,1H3;/q;+1/p-1. The van der Waals surface area contributed by atoms with E-state index in [1.807, 2.05) is 6.92 Å². The molecule has 0 heterocycles. The minimum absolute atomic E-state index is 0.183. The van der Waals surface area contributed by atoms with Gasteiger partial charge in [-0.2, -0.15) is 0 Å². The van der Waals surface area contributed by atoms with Crippen LogP contribution in [0.2, 0.25) is 0 Å². The first-order valence-electron chi connectivity index (χ1n) is 4.55. The molecule has 0 atom stereocenters. The summed E-state index contributed by atoms with van der Waals surface area (Å²) in [6, 6.07) is 0. The van der Waals surface area contributed by atoms with E-state index < -0.39 is 0 Å². The van der Waals surface area contributed by atoms with Gasteiger partial charge in [0.2, 0.25) is 0 Å². The van der Waals surface area contributed by atoms with Crippen molar-refractivity contribution in [3.8, 4) is 0 Å². The summed E-state index contributed by atoms with van der Waals surface area (Å²) in [7, 11) is 0. The summed E-state index contributed by atoms with van der Waals surface area (Å²) in [5, 5.41) is 0. The van der Waals surface area contributed by atoms with Gasteiger partial charge in [0.05, 0.1) is 0 Å². The molecule has 0 aromatic rings. The van der Waals surface area contributed by atoms with Gasteiger partial charge in [-0.05, 0) is 0 Å². The molecule has 0 aromatic heterocycles. The van der Waals surface area contributed by atoms with Gasteiger partial charge in [0.25, 0.3) is 0 Å². The van der Waals surface area contributed by atoms with Crippen molar-refractivity contribution >= 4 is 32.2 Å². The average Bonchev–Trinajstić information content (AvgIpc) is 2.18. The normalized spacial score (nSPS) is 16.9. The molecule has 0 amide bonds. The molecule has 4 heteroatoms. The SMILES string of the molecule is CCOC(=O)C1=C([O][Tl])CCCC1. The molecule has 0 radical (unpaired) electrons. The minimum atomic E-state index is -0.183. The Morgan fingerprint density at radius 3 is 2.77 bits per heavy atom. The Kier molecular flexibility index (Phi) is 4.76. The fourth-order valence-electron chi connectivity index (χ4n) is 1.44. The third-order valence-corrected chi connectivity index (χ3v) is 3.19. The number of allylic oxidation sites excluding steroid dienone is 1. The van der Waals surface area contributed by atoms with Crippen LogP contribution >= 0.6 is 0 Å². The van der Waals surface area contributed by atoms with Crippen LogP contribution in [-0.4, -0.2) is 38.8 Å². The molecule has 0 saturated heterocycles. The van der Waals surface area contributed by atoms with E-state index in [1.165, 1.54) is 0 Å². The summed E-state index contributed by atoms with van der Waals surface area (Å²) in [6.07, 6.45) is 3.93. The Balaban J connectivity index is 2.72. The molecule has 13 heavy (non-hydrogen) atoms. The van der Waals surface area contributed by atoms with Gasteiger partial charge in [-0.1, -0.05) is 0 Å². The van der Waals surface area contributed by atoms with Gasteiger partial charge in [-0.15, -0.1) is 0 Å². The number of esters is 1. The van der Waals surface area contributed by atoms with Crippen molar-refractivity contribution in [1.82, 2.24) is 0 Å². The predicted octanol–water partition coefficient (Wildman–Crippen LogP) is 1.48. The van der Waals surface area contributed by atoms with Crippen LogP contribution in [0, 0.1) is 0 Å². The molecule has 3 nitrogen and oxygen atoms in total. The second kappa shape index (κ2) is 5.62. The van der Waals surface area contributed by atoms with Crippen molar-refractivity contribution in [2.24, 2.45) is 0 Å². The topological polar surface area (TPSA) is 35.5 Å². The molecule has 1 aliphatic rings. The van der Waals surface area contributed by atoms with Crippen LogP contribution in [0.5, 0.6) is 0 Å². The Labute approximate surface area is 94.8 Å². The van der Waals surface area contributed by atoms with Gasteiger partial charge < -0.3 is 0 Å². The van der Waals surface area contributed by atoms with E-state index in [0.29, 0.717) is 32.8 Å². The van der Waals surface area contributed by atoms with E-state index in [0.717, 1.165) is 37.0 Å². The van der Waals surface area contributed by atoms with Crippen LogP contribution in [0.25, 0.3) is 0 Å². The third kappa shape index (κ3) is 2.96. The number of rotatable bonds is 3. The summed E-state index contributed by atoms with van der Waals surface area (Å²) < 4.78 is 10.3. The quantitative estimate of drug-likeness (QED) is 0.555. The fraction of sp³-hybridized carbons (Fsp3) is 0.667. The van der Waals surface area contributed by atoms with Crippen LogP contribution in [0.3, 0.4) is 0 Å². The number of carbonyl (C=O) groups is 1. The zero-order valence-corrected chi connectivity index (χ0v) is 12.3. The maximum absolute atomic E-state index is 11.4. The van der Waals surface area contributed by atoms with Crippen LogP contribution < -0.4 is 0 Å². The van der Waals surface area contributed by atoms with Crippen molar-refractivity contribution in [3.63, 3.8) is 0 Å². The zero-order chi connectivity index (χ0) is 9.68. The molecule has 70 valence electrons. The maximum atomic E-state index is 11.4. The molecule has 0 aliphatic heterocycles. The molecular formula is C9H13O3Tl. The van der Waals surface area contributed by atoms with Gasteiger partial charge >= 0.3 is 95.0 Å². The molecule has 0 fully saturated rings. The molecule has 0 unspecified atom stereocenters. The van der Waals surface area contributed by atoms with Crippen LogP contribution in [0.4, 0.5) is 0 Å². The van der Waals surface area contributed by atoms with Gasteiger partial charge in [0.1, 0.15) is 0 Å². The van der Waals surface area contributed by atoms with Crippen LogP contribution in [0.15, 0.2) is 11.3 Å². The van der Waals surface area contributed by atoms with Crippen molar-refractivity contribution in [1.29, 1.82) is 0 Å².